The van der Waals surface area contributed by atoms with Crippen molar-refractivity contribution in [3.05, 3.63) is 59.2 Å². The smallest absolute Gasteiger partial charge is 0.264 e. The molecule has 2 aromatic carbocycles. The van der Waals surface area contributed by atoms with E-state index in [4.69, 9.17) is 0 Å². The summed E-state index contributed by atoms with van der Waals surface area (Å²) in [5.74, 6) is -0.207. The van der Waals surface area contributed by atoms with Gasteiger partial charge in [-0.15, -0.1) is 0 Å². The second-order valence-electron chi connectivity index (χ2n) is 6.57. The number of carbonyl (C=O) groups excluding carboxylic acids is 1. The average Bonchev–Trinajstić information content (AvgIpc) is 2.61. The van der Waals surface area contributed by atoms with Crippen molar-refractivity contribution >= 4 is 21.6 Å². The Morgan fingerprint density at radius 2 is 1.73 bits per heavy atom. The van der Waals surface area contributed by atoms with Crippen molar-refractivity contribution in [2.24, 2.45) is 0 Å². The van der Waals surface area contributed by atoms with Crippen LogP contribution in [-0.4, -0.2) is 27.4 Å². The van der Waals surface area contributed by atoms with E-state index < -0.39 is 10.0 Å². The lowest BCUT2D eigenvalue weighted by Gasteiger charge is -2.22. The van der Waals surface area contributed by atoms with Gasteiger partial charge in [0, 0.05) is 18.7 Å². The van der Waals surface area contributed by atoms with Gasteiger partial charge in [-0.05, 0) is 57.0 Å². The lowest BCUT2D eigenvalue weighted by Crippen LogP contribution is -2.32. The Morgan fingerprint density at radius 3 is 2.31 bits per heavy atom. The maximum Gasteiger partial charge on any atom is 0.264 e. The number of hydrogen-bond donors (Lipinski definition) is 1. The molecule has 0 aliphatic rings. The Labute approximate surface area is 156 Å². The molecule has 6 heteroatoms. The highest BCUT2D eigenvalue weighted by molar-refractivity contribution is 7.92. The van der Waals surface area contributed by atoms with Gasteiger partial charge in [-0.3, -0.25) is 9.10 Å². The minimum atomic E-state index is -3.70. The zero-order valence-electron chi connectivity index (χ0n) is 15.9. The molecule has 0 saturated heterocycles. The molecule has 0 fully saturated rings. The molecule has 1 atom stereocenters. The highest BCUT2D eigenvalue weighted by atomic mass is 32.2. The highest BCUT2D eigenvalue weighted by Crippen LogP contribution is 2.26. The number of nitrogens with zero attached hydrogens (tertiary/aromatic N) is 1. The van der Waals surface area contributed by atoms with E-state index in [9.17, 15) is 13.2 Å². The Hall–Kier alpha value is -2.34. The first-order chi connectivity index (χ1) is 12.2. The van der Waals surface area contributed by atoms with Gasteiger partial charge in [0.2, 0.25) is 0 Å². The minimum Gasteiger partial charge on any atom is -0.350 e. The van der Waals surface area contributed by atoms with Crippen molar-refractivity contribution in [3.8, 4) is 0 Å². The molecule has 5 nitrogen and oxygen atoms in total. The van der Waals surface area contributed by atoms with Crippen LogP contribution < -0.4 is 9.62 Å². The van der Waals surface area contributed by atoms with E-state index in [0.29, 0.717) is 11.3 Å². The Balaban J connectivity index is 2.39. The van der Waals surface area contributed by atoms with Crippen LogP contribution in [0.15, 0.2) is 47.4 Å². The van der Waals surface area contributed by atoms with Crippen molar-refractivity contribution < 1.29 is 13.2 Å². The first-order valence-electron chi connectivity index (χ1n) is 8.64. The Morgan fingerprint density at radius 1 is 1.12 bits per heavy atom. The molecule has 2 aromatic rings. The number of hydrogen-bond acceptors (Lipinski definition) is 3. The molecule has 26 heavy (non-hydrogen) atoms. The fraction of sp³-hybridized carbons (Fsp3) is 0.350. The van der Waals surface area contributed by atoms with Crippen LogP contribution in [0.3, 0.4) is 0 Å². The van der Waals surface area contributed by atoms with E-state index in [-0.39, 0.29) is 16.8 Å². The second-order valence-corrected chi connectivity index (χ2v) is 8.54. The van der Waals surface area contributed by atoms with Crippen molar-refractivity contribution in [2.75, 3.05) is 11.4 Å². The Kier molecular flexibility index (Phi) is 6.08. The van der Waals surface area contributed by atoms with Gasteiger partial charge in [0.05, 0.1) is 10.6 Å². The maximum absolute atomic E-state index is 12.9. The van der Waals surface area contributed by atoms with Gasteiger partial charge in [-0.2, -0.15) is 0 Å². The van der Waals surface area contributed by atoms with Gasteiger partial charge >= 0.3 is 0 Å². The quantitative estimate of drug-likeness (QED) is 0.839. The molecule has 0 heterocycles. The summed E-state index contributed by atoms with van der Waals surface area (Å²) in [6, 6.07) is 11.9. The number of benzene rings is 2. The minimum absolute atomic E-state index is 0.0567. The summed E-state index contributed by atoms with van der Waals surface area (Å²) < 4.78 is 27.1. The second kappa shape index (κ2) is 7.91. The molecule has 0 bridgehead atoms. The molecule has 0 radical (unpaired) electrons. The molecule has 140 valence electrons. The molecular formula is C20H26N2O3S. The van der Waals surface area contributed by atoms with Crippen LogP contribution in [0.1, 0.15) is 41.8 Å². The van der Waals surface area contributed by atoms with Gasteiger partial charge < -0.3 is 5.32 Å². The van der Waals surface area contributed by atoms with Gasteiger partial charge in [-0.25, -0.2) is 8.42 Å². The van der Waals surface area contributed by atoms with E-state index in [1.807, 2.05) is 27.7 Å². The number of carbonyl (C=O) groups is 1. The standard InChI is InChI=1S/C20H26N2O3S/c1-6-16(4)21-20(23)17-10-9-15(3)19(13-17)22(5)26(24,25)18-11-7-14(2)8-12-18/h7-13,16H,6H2,1-5H3,(H,21,23)/t16-/m1/s1. The van der Waals surface area contributed by atoms with Crippen LogP contribution in [0, 0.1) is 13.8 Å². The molecule has 1 N–H and O–H groups in total. The Bertz CT molecular complexity index is 890. The molecule has 2 rings (SSSR count). The zero-order valence-corrected chi connectivity index (χ0v) is 16.7. The predicted molar refractivity (Wildman–Crippen MR) is 105 cm³/mol. The SMILES string of the molecule is CC[C@@H](C)NC(=O)c1ccc(C)c(N(C)S(=O)(=O)c2ccc(C)cc2)c1. The zero-order chi connectivity index (χ0) is 19.5. The number of nitrogens with one attached hydrogen (secondary N) is 1. The first-order valence-corrected chi connectivity index (χ1v) is 10.1. The lowest BCUT2D eigenvalue weighted by molar-refractivity contribution is 0.0939. The lowest BCUT2D eigenvalue weighted by atomic mass is 10.1. The van der Waals surface area contributed by atoms with Crippen LogP contribution >= 0.6 is 0 Å². The summed E-state index contributed by atoms with van der Waals surface area (Å²) in [4.78, 5) is 12.6. The summed E-state index contributed by atoms with van der Waals surface area (Å²) in [6.07, 6.45) is 0.826. The summed E-state index contributed by atoms with van der Waals surface area (Å²) in [6.45, 7) is 7.66. The predicted octanol–water partition coefficient (Wildman–Crippen LogP) is 3.66. The number of aryl methyl sites for hydroxylation is 2. The number of rotatable bonds is 6. The fourth-order valence-corrected chi connectivity index (χ4v) is 3.75. The van der Waals surface area contributed by atoms with Crippen molar-refractivity contribution in [1.82, 2.24) is 5.32 Å². The summed E-state index contributed by atoms with van der Waals surface area (Å²) in [7, 11) is -2.19. The van der Waals surface area contributed by atoms with E-state index in [1.54, 1.807) is 42.5 Å². The molecule has 0 aliphatic heterocycles. The van der Waals surface area contributed by atoms with Gasteiger partial charge in [0.1, 0.15) is 0 Å². The van der Waals surface area contributed by atoms with E-state index in [2.05, 4.69) is 5.32 Å². The van der Waals surface area contributed by atoms with Crippen LogP contribution in [0.4, 0.5) is 5.69 Å². The molecule has 0 aliphatic carbocycles. The van der Waals surface area contributed by atoms with Gasteiger partial charge in [0.25, 0.3) is 15.9 Å². The summed E-state index contributed by atoms with van der Waals surface area (Å²) >= 11 is 0. The normalized spacial score (nSPS) is 12.5. The van der Waals surface area contributed by atoms with E-state index in [0.717, 1.165) is 17.5 Å². The van der Waals surface area contributed by atoms with Crippen molar-refractivity contribution in [1.29, 1.82) is 0 Å². The first kappa shape index (κ1) is 20.0. The summed E-state index contributed by atoms with van der Waals surface area (Å²) in [5.41, 5.74) is 2.70. The maximum atomic E-state index is 12.9. The van der Waals surface area contributed by atoms with Gasteiger partial charge in [0.15, 0.2) is 0 Å². The molecular weight excluding hydrogens is 348 g/mol. The van der Waals surface area contributed by atoms with Crippen LogP contribution in [0.5, 0.6) is 0 Å². The van der Waals surface area contributed by atoms with Gasteiger partial charge in [-0.1, -0.05) is 30.7 Å². The topological polar surface area (TPSA) is 66.5 Å². The largest absolute Gasteiger partial charge is 0.350 e. The van der Waals surface area contributed by atoms with Crippen LogP contribution in [-0.2, 0) is 10.0 Å². The third kappa shape index (κ3) is 4.25. The molecule has 1 amide bonds. The van der Waals surface area contributed by atoms with E-state index in [1.165, 1.54) is 11.4 Å². The molecule has 0 saturated carbocycles. The summed E-state index contributed by atoms with van der Waals surface area (Å²) in [5, 5.41) is 2.90. The number of sulfonamides is 1. The van der Waals surface area contributed by atoms with Crippen molar-refractivity contribution in [2.45, 2.75) is 45.1 Å². The van der Waals surface area contributed by atoms with Crippen LogP contribution in [0.2, 0.25) is 0 Å². The highest BCUT2D eigenvalue weighted by Gasteiger charge is 2.23. The molecule has 0 spiro atoms. The van der Waals surface area contributed by atoms with Crippen LogP contribution in [0.25, 0.3) is 0 Å². The average molecular weight is 375 g/mol. The number of amides is 1. The third-order valence-corrected chi connectivity index (χ3v) is 6.27. The fourth-order valence-electron chi connectivity index (χ4n) is 2.50. The number of anilines is 1. The monoisotopic (exact) mass is 374 g/mol. The van der Waals surface area contributed by atoms with Crippen molar-refractivity contribution in [3.63, 3.8) is 0 Å². The molecule has 0 unspecified atom stereocenters. The third-order valence-electron chi connectivity index (χ3n) is 4.48. The van der Waals surface area contributed by atoms with E-state index >= 15 is 0 Å². The molecule has 0 aromatic heterocycles.